The van der Waals surface area contributed by atoms with Crippen LogP contribution in [0.2, 0.25) is 0 Å². The highest BCUT2D eigenvalue weighted by molar-refractivity contribution is 5.30. The maximum atomic E-state index is 8.62. The van der Waals surface area contributed by atoms with Crippen molar-refractivity contribution in [1.29, 1.82) is 0 Å². The highest BCUT2D eigenvalue weighted by atomic mass is 16.5. The van der Waals surface area contributed by atoms with Crippen molar-refractivity contribution < 1.29 is 15.2 Å². The maximum absolute atomic E-state index is 8.62. The summed E-state index contributed by atoms with van der Waals surface area (Å²) < 4.78 is 5.69. The van der Waals surface area contributed by atoms with Crippen molar-refractivity contribution in [2.45, 2.75) is 26.2 Å². The second-order valence-electron chi connectivity index (χ2n) is 4.52. The predicted molar refractivity (Wildman–Crippen MR) is 69.4 cm³/mol. The maximum Gasteiger partial charge on any atom is 0.119 e. The molecule has 0 fully saturated rings. The molecule has 0 aromatic heterocycles. The monoisotopic (exact) mass is 238 g/mol. The summed E-state index contributed by atoms with van der Waals surface area (Å²) in [6.45, 7) is 7.14. The lowest BCUT2D eigenvalue weighted by molar-refractivity contribution is -0.656. The van der Waals surface area contributed by atoms with Crippen LogP contribution in [0.4, 0.5) is 0 Å². The molecular formula is C14H24NO2+. The van der Waals surface area contributed by atoms with Crippen molar-refractivity contribution in [1.82, 2.24) is 0 Å². The third-order valence-corrected chi connectivity index (χ3v) is 2.68. The Morgan fingerprint density at radius 2 is 2.12 bits per heavy atom. The van der Waals surface area contributed by atoms with Crippen LogP contribution in [-0.2, 0) is 0 Å². The van der Waals surface area contributed by atoms with Gasteiger partial charge < -0.3 is 15.2 Å². The fourth-order valence-electron chi connectivity index (χ4n) is 1.62. The van der Waals surface area contributed by atoms with E-state index in [9.17, 15) is 0 Å². The molecule has 0 aliphatic rings. The van der Waals surface area contributed by atoms with Crippen LogP contribution < -0.4 is 10.1 Å². The van der Waals surface area contributed by atoms with Gasteiger partial charge in [-0.25, -0.2) is 0 Å². The van der Waals surface area contributed by atoms with Gasteiger partial charge in [-0.15, -0.1) is 0 Å². The van der Waals surface area contributed by atoms with Gasteiger partial charge in [-0.05, 0) is 23.6 Å². The van der Waals surface area contributed by atoms with Crippen LogP contribution in [0.15, 0.2) is 24.3 Å². The van der Waals surface area contributed by atoms with Gasteiger partial charge in [-0.3, -0.25) is 0 Å². The van der Waals surface area contributed by atoms with Crippen LogP contribution in [0.25, 0.3) is 0 Å². The van der Waals surface area contributed by atoms with E-state index in [0.717, 1.165) is 31.9 Å². The Balaban J connectivity index is 2.24. The number of rotatable bonds is 8. The molecule has 0 aliphatic heterocycles. The molecule has 17 heavy (non-hydrogen) atoms. The zero-order chi connectivity index (χ0) is 12.5. The molecule has 1 aromatic rings. The lowest BCUT2D eigenvalue weighted by Gasteiger charge is -2.09. The largest absolute Gasteiger partial charge is 0.493 e. The van der Waals surface area contributed by atoms with Crippen molar-refractivity contribution in [2.24, 2.45) is 0 Å². The summed E-state index contributed by atoms with van der Waals surface area (Å²) in [6.07, 6.45) is 1.01. The molecular weight excluding hydrogens is 214 g/mol. The predicted octanol–water partition coefficient (Wildman–Crippen LogP) is 1.13. The minimum atomic E-state index is 0.247. The number of benzene rings is 1. The van der Waals surface area contributed by atoms with E-state index in [2.05, 4.69) is 31.3 Å². The van der Waals surface area contributed by atoms with Crippen LogP contribution in [0.3, 0.4) is 0 Å². The van der Waals surface area contributed by atoms with E-state index in [1.54, 1.807) is 0 Å². The number of nitrogens with two attached hydrogens (primary N) is 1. The van der Waals surface area contributed by atoms with Crippen molar-refractivity contribution in [2.75, 3.05) is 26.3 Å². The van der Waals surface area contributed by atoms with E-state index in [4.69, 9.17) is 9.84 Å². The fourth-order valence-corrected chi connectivity index (χ4v) is 1.62. The number of aliphatic hydroxyl groups excluding tert-OH is 1. The minimum absolute atomic E-state index is 0.247. The molecule has 0 atom stereocenters. The lowest BCUT2D eigenvalue weighted by Crippen LogP contribution is -2.85. The van der Waals surface area contributed by atoms with Crippen molar-refractivity contribution >= 4 is 0 Å². The van der Waals surface area contributed by atoms with Crippen molar-refractivity contribution in [3.63, 3.8) is 0 Å². The van der Waals surface area contributed by atoms with Gasteiger partial charge in [0.25, 0.3) is 0 Å². The van der Waals surface area contributed by atoms with E-state index in [0.29, 0.717) is 5.92 Å². The quantitative estimate of drug-likeness (QED) is 0.667. The fraction of sp³-hybridized carbons (Fsp3) is 0.571. The van der Waals surface area contributed by atoms with Crippen LogP contribution in [0, 0.1) is 0 Å². The van der Waals surface area contributed by atoms with Gasteiger partial charge in [0.05, 0.1) is 26.3 Å². The second kappa shape index (κ2) is 8.09. The molecule has 0 spiro atoms. The van der Waals surface area contributed by atoms with Crippen molar-refractivity contribution in [3.05, 3.63) is 29.8 Å². The number of quaternary nitrogens is 1. The van der Waals surface area contributed by atoms with E-state index < -0.39 is 0 Å². The highest BCUT2D eigenvalue weighted by Gasteiger charge is 2.01. The molecule has 0 amide bonds. The van der Waals surface area contributed by atoms with Crippen molar-refractivity contribution in [3.8, 4) is 5.75 Å². The molecule has 3 heteroatoms. The van der Waals surface area contributed by atoms with Gasteiger partial charge in [0.2, 0.25) is 0 Å². The molecule has 3 N–H and O–H groups in total. The molecule has 0 saturated heterocycles. The topological polar surface area (TPSA) is 46.1 Å². The third kappa shape index (κ3) is 5.71. The SMILES string of the molecule is CC(C)c1cccc(OCCC[NH2+]CCO)c1. The molecule has 0 radical (unpaired) electrons. The second-order valence-corrected chi connectivity index (χ2v) is 4.52. The van der Waals surface area contributed by atoms with E-state index in [1.807, 2.05) is 12.1 Å². The zero-order valence-corrected chi connectivity index (χ0v) is 10.9. The van der Waals surface area contributed by atoms with Gasteiger partial charge in [-0.1, -0.05) is 26.0 Å². The normalized spacial score (nSPS) is 10.8. The summed E-state index contributed by atoms with van der Waals surface area (Å²) in [4.78, 5) is 0. The summed E-state index contributed by atoms with van der Waals surface area (Å²) in [5.41, 5.74) is 1.31. The number of aliphatic hydroxyl groups is 1. The summed E-state index contributed by atoms with van der Waals surface area (Å²) in [7, 11) is 0. The lowest BCUT2D eigenvalue weighted by atomic mass is 10.0. The van der Waals surface area contributed by atoms with Gasteiger partial charge in [0, 0.05) is 6.42 Å². The Labute approximate surface area is 104 Å². The van der Waals surface area contributed by atoms with E-state index >= 15 is 0 Å². The summed E-state index contributed by atoms with van der Waals surface area (Å²) in [5, 5.41) is 10.7. The first-order chi connectivity index (χ1) is 8.24. The molecule has 1 rings (SSSR count). The highest BCUT2D eigenvalue weighted by Crippen LogP contribution is 2.19. The van der Waals surface area contributed by atoms with Gasteiger partial charge in [0.1, 0.15) is 5.75 Å². The molecule has 3 nitrogen and oxygen atoms in total. The van der Waals surface area contributed by atoms with Gasteiger partial charge in [0.15, 0.2) is 0 Å². The Hall–Kier alpha value is -1.06. The van der Waals surface area contributed by atoms with Crippen LogP contribution in [-0.4, -0.2) is 31.4 Å². The van der Waals surface area contributed by atoms with E-state index in [-0.39, 0.29) is 6.61 Å². The number of hydrogen-bond acceptors (Lipinski definition) is 2. The molecule has 0 saturated carbocycles. The molecule has 0 unspecified atom stereocenters. The zero-order valence-electron chi connectivity index (χ0n) is 10.9. The Morgan fingerprint density at radius 1 is 1.29 bits per heavy atom. The first-order valence-corrected chi connectivity index (χ1v) is 6.39. The molecule has 96 valence electrons. The van der Waals surface area contributed by atoms with Crippen LogP contribution in [0.5, 0.6) is 5.75 Å². The molecule has 0 heterocycles. The molecule has 0 bridgehead atoms. The summed E-state index contributed by atoms with van der Waals surface area (Å²) >= 11 is 0. The molecule has 0 aliphatic carbocycles. The minimum Gasteiger partial charge on any atom is -0.493 e. The van der Waals surface area contributed by atoms with Gasteiger partial charge >= 0.3 is 0 Å². The first-order valence-electron chi connectivity index (χ1n) is 6.39. The average Bonchev–Trinajstić information content (AvgIpc) is 2.34. The third-order valence-electron chi connectivity index (χ3n) is 2.68. The Bertz CT molecular complexity index is 313. The number of ether oxygens (including phenoxy) is 1. The first kappa shape index (κ1) is 14.0. The average molecular weight is 238 g/mol. The van der Waals surface area contributed by atoms with Crippen LogP contribution >= 0.6 is 0 Å². The van der Waals surface area contributed by atoms with Crippen LogP contribution in [0.1, 0.15) is 31.7 Å². The Kier molecular flexibility index (Phi) is 6.67. The van der Waals surface area contributed by atoms with Gasteiger partial charge in [-0.2, -0.15) is 0 Å². The Morgan fingerprint density at radius 3 is 2.82 bits per heavy atom. The van der Waals surface area contributed by atoms with E-state index in [1.165, 1.54) is 5.56 Å². The number of hydrogen-bond donors (Lipinski definition) is 2. The standard InChI is InChI=1S/C14H23NO2/c1-12(2)13-5-3-6-14(11-13)17-10-4-7-15-8-9-16/h3,5-6,11-12,15-16H,4,7-10H2,1-2H3/p+1. The smallest absolute Gasteiger partial charge is 0.119 e. The summed E-state index contributed by atoms with van der Waals surface area (Å²) in [5.74, 6) is 1.50. The molecule has 1 aromatic carbocycles. The summed E-state index contributed by atoms with van der Waals surface area (Å²) in [6, 6.07) is 8.29.